The maximum Gasteiger partial charge on any atom is 0.490 e. The Morgan fingerprint density at radius 2 is 1.70 bits per heavy atom. The molecule has 0 aliphatic carbocycles. The number of aromatic nitrogens is 2. The molecule has 2 aromatic heterocycles. The van der Waals surface area contributed by atoms with Gasteiger partial charge in [0.15, 0.2) is 12.5 Å². The molecule has 3 heterocycles. The number of nitrogens with zero attached hydrogens (tertiary/aromatic N) is 2. The van der Waals surface area contributed by atoms with E-state index < -0.39 is 48.2 Å². The van der Waals surface area contributed by atoms with Gasteiger partial charge in [-0.05, 0) is 12.1 Å². The second-order valence-corrected chi connectivity index (χ2v) is 10.3. The van der Waals surface area contributed by atoms with Crippen LogP contribution < -0.4 is 5.73 Å². The Bertz CT molecular complexity index is 1080. The average molecular weight is 491 g/mol. The van der Waals surface area contributed by atoms with Gasteiger partial charge in [0.1, 0.15) is 17.9 Å². The highest BCUT2D eigenvalue weighted by molar-refractivity contribution is 7.66. The molecule has 0 saturated carbocycles. The molecular weight excluding hydrogens is 475 g/mol. The van der Waals surface area contributed by atoms with Gasteiger partial charge >= 0.3 is 23.5 Å². The van der Waals surface area contributed by atoms with Gasteiger partial charge in [0.05, 0.1) is 0 Å². The summed E-state index contributed by atoms with van der Waals surface area (Å²) in [6.45, 7) is 0. The summed E-state index contributed by atoms with van der Waals surface area (Å²) < 4.78 is 52.0. The summed E-state index contributed by atoms with van der Waals surface area (Å²) in [6, 6.07) is 3.06. The van der Waals surface area contributed by atoms with Gasteiger partial charge in [0, 0.05) is 23.5 Å². The maximum absolute atomic E-state index is 11.9. The molecule has 0 spiro atoms. The number of phosphoric acid groups is 3. The lowest BCUT2D eigenvalue weighted by molar-refractivity contribution is -0.133. The Morgan fingerprint density at radius 1 is 1.03 bits per heavy atom. The Kier molecular flexibility index (Phi) is 6.28. The van der Waals surface area contributed by atoms with E-state index in [2.05, 4.69) is 18.1 Å². The second kappa shape index (κ2) is 8.04. The van der Waals surface area contributed by atoms with E-state index in [0.29, 0.717) is 11.1 Å². The van der Waals surface area contributed by atoms with Crippen LogP contribution in [-0.4, -0.2) is 57.8 Å². The molecule has 6 unspecified atom stereocenters. The fraction of sp³-hybridized carbons (Fsp3) is 0.364. The van der Waals surface area contributed by atoms with Crippen molar-refractivity contribution in [3.05, 3.63) is 24.5 Å². The number of nitrogens with two attached hydrogens (primary N) is 1. The van der Waals surface area contributed by atoms with E-state index in [1.165, 1.54) is 29.1 Å². The smallest absolute Gasteiger partial charge is 0.398 e. The van der Waals surface area contributed by atoms with Crippen LogP contribution in [-0.2, 0) is 31.6 Å². The lowest BCUT2D eigenvalue weighted by atomic mass is 10.2. The zero-order valence-corrected chi connectivity index (χ0v) is 17.2. The van der Waals surface area contributed by atoms with Crippen LogP contribution in [0.15, 0.2) is 24.5 Å². The van der Waals surface area contributed by atoms with E-state index in [-0.39, 0.29) is 5.65 Å². The largest absolute Gasteiger partial charge is 0.490 e. The molecule has 1 aliphatic rings. The summed E-state index contributed by atoms with van der Waals surface area (Å²) >= 11 is 0. The third-order valence-corrected chi connectivity index (χ3v) is 7.57. The molecule has 6 atom stereocenters. The maximum atomic E-state index is 11.9. The van der Waals surface area contributed by atoms with Crippen molar-refractivity contribution >= 4 is 40.2 Å². The van der Waals surface area contributed by atoms with Gasteiger partial charge < -0.3 is 44.8 Å². The fourth-order valence-electron chi connectivity index (χ4n) is 2.66. The lowest BCUT2D eigenvalue weighted by Gasteiger charge is -2.20. The first-order chi connectivity index (χ1) is 13.7. The molecule has 8 N–H and O–H groups in total. The first kappa shape index (κ1) is 23.4. The van der Waals surface area contributed by atoms with Gasteiger partial charge in [-0.15, -0.1) is 0 Å². The Hall–Kier alpha value is -1.22. The van der Waals surface area contributed by atoms with E-state index >= 15 is 0 Å². The number of hydrogen-bond donors (Lipinski definition) is 7. The minimum atomic E-state index is -5.76. The molecule has 19 heteroatoms. The van der Waals surface area contributed by atoms with Crippen molar-refractivity contribution in [2.45, 2.75) is 24.7 Å². The van der Waals surface area contributed by atoms with Gasteiger partial charge in [-0.2, -0.15) is 8.62 Å². The van der Waals surface area contributed by atoms with Crippen molar-refractivity contribution in [1.29, 1.82) is 0 Å². The molecule has 0 aromatic carbocycles. The van der Waals surface area contributed by atoms with Crippen LogP contribution in [0.1, 0.15) is 6.23 Å². The third kappa shape index (κ3) is 5.15. The fourth-order valence-corrected chi connectivity index (χ4v) is 5.76. The molecule has 16 nitrogen and oxygen atoms in total. The van der Waals surface area contributed by atoms with Gasteiger partial charge in [-0.25, -0.2) is 18.7 Å². The van der Waals surface area contributed by atoms with Gasteiger partial charge in [-0.1, -0.05) is 0 Å². The normalized spacial score (nSPS) is 29.0. The van der Waals surface area contributed by atoms with Crippen LogP contribution in [0.5, 0.6) is 0 Å². The predicted octanol–water partition coefficient (Wildman–Crippen LogP) is -0.462. The standard InChI is InChI=1S/C11H16N3O13P3/c12-6-1-3-13-9-5(6)2-4-14(9)10-7(15)8(16)11(24-10)25-29(20,21)27-30(22,23)26-28(17,18)19/h1-4,7-8,10-11,15-16H,(H2,12,13)(H,20,21)(H,22,23)(H2,17,18,19). The number of rotatable bonds is 7. The summed E-state index contributed by atoms with van der Waals surface area (Å²) in [4.78, 5) is 39.8. The minimum Gasteiger partial charge on any atom is -0.398 e. The summed E-state index contributed by atoms with van der Waals surface area (Å²) in [7, 11) is -16.9. The van der Waals surface area contributed by atoms with E-state index in [1.807, 2.05) is 0 Å². The molecule has 1 saturated heterocycles. The zero-order valence-electron chi connectivity index (χ0n) is 14.5. The van der Waals surface area contributed by atoms with Crippen molar-refractivity contribution in [2.24, 2.45) is 0 Å². The predicted molar refractivity (Wildman–Crippen MR) is 95.0 cm³/mol. The van der Waals surface area contributed by atoms with Crippen molar-refractivity contribution < 1.29 is 61.4 Å². The quantitative estimate of drug-likeness (QED) is 0.242. The first-order valence-corrected chi connectivity index (χ1v) is 12.3. The molecule has 1 aliphatic heterocycles. The number of hydrogen-bond acceptors (Lipinski definition) is 11. The molecule has 168 valence electrons. The topological polar surface area (TPSA) is 253 Å². The Balaban J connectivity index is 1.78. The van der Waals surface area contributed by atoms with Gasteiger partial charge in [0.2, 0.25) is 0 Å². The van der Waals surface area contributed by atoms with Crippen LogP contribution in [0.3, 0.4) is 0 Å². The van der Waals surface area contributed by atoms with E-state index in [0.717, 1.165) is 0 Å². The number of ether oxygens (including phenoxy) is 1. The molecular formula is C11H16N3O13P3. The summed E-state index contributed by atoms with van der Waals surface area (Å²) in [5.41, 5.74) is 6.41. The Morgan fingerprint density at radius 3 is 2.33 bits per heavy atom. The van der Waals surface area contributed by atoms with Crippen molar-refractivity contribution in [2.75, 3.05) is 5.73 Å². The highest BCUT2D eigenvalue weighted by Gasteiger charge is 2.50. The number of phosphoric ester groups is 1. The molecule has 3 rings (SSSR count). The second-order valence-electron chi connectivity index (χ2n) is 5.93. The van der Waals surface area contributed by atoms with Crippen LogP contribution in [0.4, 0.5) is 5.69 Å². The number of aliphatic hydroxyl groups is 2. The minimum absolute atomic E-state index is 0.241. The average Bonchev–Trinajstić information content (AvgIpc) is 3.09. The monoisotopic (exact) mass is 491 g/mol. The lowest BCUT2D eigenvalue weighted by Crippen LogP contribution is -2.32. The highest BCUT2D eigenvalue weighted by atomic mass is 31.3. The number of fused-ring (bicyclic) bond motifs is 1. The summed E-state index contributed by atoms with van der Waals surface area (Å²) in [5.74, 6) is 0. The van der Waals surface area contributed by atoms with Crippen molar-refractivity contribution in [3.63, 3.8) is 0 Å². The van der Waals surface area contributed by atoms with Crippen LogP contribution in [0.2, 0.25) is 0 Å². The van der Waals surface area contributed by atoms with Crippen LogP contribution in [0, 0.1) is 0 Å². The zero-order chi connectivity index (χ0) is 22.5. The molecule has 0 bridgehead atoms. The summed E-state index contributed by atoms with van der Waals surface area (Å²) in [6.07, 6.45) is -4.34. The van der Waals surface area contributed by atoms with Crippen LogP contribution >= 0.6 is 23.5 Å². The number of nitrogen functional groups attached to an aromatic ring is 1. The van der Waals surface area contributed by atoms with E-state index in [9.17, 15) is 28.8 Å². The van der Waals surface area contributed by atoms with E-state index in [1.54, 1.807) is 0 Å². The Labute approximate surface area is 166 Å². The highest BCUT2D eigenvalue weighted by Crippen LogP contribution is 2.67. The summed E-state index contributed by atoms with van der Waals surface area (Å²) in [5, 5.41) is 20.8. The molecule has 30 heavy (non-hydrogen) atoms. The SMILES string of the molecule is Nc1ccnc2c1ccn2C1OC(OP(=O)(O)OP(=O)(O)OP(=O)(O)O)C(O)C1O. The first-order valence-electron chi connectivity index (χ1n) is 7.74. The number of anilines is 1. The van der Waals surface area contributed by atoms with Crippen molar-refractivity contribution in [3.8, 4) is 0 Å². The van der Waals surface area contributed by atoms with Crippen molar-refractivity contribution in [1.82, 2.24) is 9.55 Å². The molecule has 2 aromatic rings. The molecule has 0 radical (unpaired) electrons. The van der Waals surface area contributed by atoms with Gasteiger partial charge in [-0.3, -0.25) is 4.52 Å². The molecule has 1 fully saturated rings. The molecule has 0 amide bonds. The third-order valence-electron chi connectivity index (χ3n) is 3.77. The van der Waals surface area contributed by atoms with Gasteiger partial charge in [0.25, 0.3) is 0 Å². The van der Waals surface area contributed by atoms with E-state index in [4.69, 9.17) is 25.2 Å². The number of pyridine rings is 1. The number of aliphatic hydroxyl groups excluding tert-OH is 2. The van der Waals surface area contributed by atoms with Crippen LogP contribution in [0.25, 0.3) is 11.0 Å².